The van der Waals surface area contributed by atoms with Gasteiger partial charge in [-0.3, -0.25) is 9.78 Å². The van der Waals surface area contributed by atoms with E-state index in [1.54, 1.807) is 37.3 Å². The lowest BCUT2D eigenvalue weighted by Crippen LogP contribution is -2.30. The Hall–Kier alpha value is -2.27. The van der Waals surface area contributed by atoms with Gasteiger partial charge in [-0.25, -0.2) is 0 Å². The van der Waals surface area contributed by atoms with E-state index in [0.29, 0.717) is 22.1 Å². The SMILES string of the molecule is CC(Oc1cncc(Cl)c1)C(=O)Nc1cccc(N)c1. The number of nitrogens with zero attached hydrogens (tertiary/aromatic N) is 1. The van der Waals surface area contributed by atoms with Crippen molar-refractivity contribution in [3.8, 4) is 5.75 Å². The average molecular weight is 292 g/mol. The van der Waals surface area contributed by atoms with E-state index in [0.717, 1.165) is 0 Å². The second-order valence-electron chi connectivity index (χ2n) is 4.21. The van der Waals surface area contributed by atoms with Crippen LogP contribution in [-0.2, 0) is 4.79 Å². The van der Waals surface area contributed by atoms with Gasteiger partial charge in [0.25, 0.3) is 5.91 Å². The number of halogens is 1. The molecule has 1 aromatic heterocycles. The lowest BCUT2D eigenvalue weighted by Gasteiger charge is -2.14. The predicted octanol–water partition coefficient (Wildman–Crippen LogP) is 2.72. The van der Waals surface area contributed by atoms with Crippen LogP contribution in [0.3, 0.4) is 0 Å². The molecule has 5 nitrogen and oxygen atoms in total. The Morgan fingerprint density at radius 2 is 2.20 bits per heavy atom. The molecule has 0 spiro atoms. The molecule has 0 saturated carbocycles. The standard InChI is InChI=1S/C14H14ClN3O2/c1-9(20-13-5-10(15)7-17-8-13)14(19)18-12-4-2-3-11(16)6-12/h2-9H,16H2,1H3,(H,18,19). The summed E-state index contributed by atoms with van der Waals surface area (Å²) in [6.45, 7) is 1.64. The summed E-state index contributed by atoms with van der Waals surface area (Å²) in [6.07, 6.45) is 2.30. The minimum absolute atomic E-state index is 0.282. The van der Waals surface area contributed by atoms with Gasteiger partial charge in [-0.2, -0.15) is 0 Å². The van der Waals surface area contributed by atoms with E-state index in [1.807, 2.05) is 0 Å². The lowest BCUT2D eigenvalue weighted by molar-refractivity contribution is -0.122. The first-order valence-corrected chi connectivity index (χ1v) is 6.36. The molecule has 0 saturated heterocycles. The molecule has 0 bridgehead atoms. The molecule has 2 rings (SSSR count). The molecule has 3 N–H and O–H groups in total. The Kier molecular flexibility index (Phi) is 4.42. The fraction of sp³-hybridized carbons (Fsp3) is 0.143. The molecule has 1 atom stereocenters. The van der Waals surface area contributed by atoms with Crippen molar-refractivity contribution >= 4 is 28.9 Å². The van der Waals surface area contributed by atoms with Gasteiger partial charge in [0.05, 0.1) is 11.2 Å². The van der Waals surface area contributed by atoms with Crippen LogP contribution < -0.4 is 15.8 Å². The van der Waals surface area contributed by atoms with Gasteiger partial charge in [0.1, 0.15) is 5.75 Å². The molecule has 6 heteroatoms. The zero-order valence-corrected chi connectivity index (χ0v) is 11.6. The Morgan fingerprint density at radius 1 is 1.40 bits per heavy atom. The number of hydrogen-bond donors (Lipinski definition) is 2. The maximum Gasteiger partial charge on any atom is 0.265 e. The molecule has 104 valence electrons. The normalized spacial score (nSPS) is 11.7. The third-order valence-electron chi connectivity index (χ3n) is 2.52. The summed E-state index contributed by atoms with van der Waals surface area (Å²) >= 11 is 5.80. The molecule has 0 radical (unpaired) electrons. The fourth-order valence-corrected chi connectivity index (χ4v) is 1.74. The molecule has 0 aliphatic rings. The van der Waals surface area contributed by atoms with Crippen molar-refractivity contribution in [2.24, 2.45) is 0 Å². The number of nitrogens with two attached hydrogens (primary N) is 1. The van der Waals surface area contributed by atoms with Crippen molar-refractivity contribution in [1.82, 2.24) is 4.98 Å². The predicted molar refractivity (Wildman–Crippen MR) is 78.8 cm³/mol. The number of anilines is 2. The van der Waals surface area contributed by atoms with Gasteiger partial charge in [-0.1, -0.05) is 17.7 Å². The van der Waals surface area contributed by atoms with Crippen LogP contribution in [0, 0.1) is 0 Å². The van der Waals surface area contributed by atoms with Crippen molar-refractivity contribution in [3.63, 3.8) is 0 Å². The van der Waals surface area contributed by atoms with Gasteiger partial charge >= 0.3 is 0 Å². The first-order valence-electron chi connectivity index (χ1n) is 5.98. The van der Waals surface area contributed by atoms with Crippen molar-refractivity contribution in [2.75, 3.05) is 11.1 Å². The molecule has 1 heterocycles. The Morgan fingerprint density at radius 3 is 2.90 bits per heavy atom. The second-order valence-corrected chi connectivity index (χ2v) is 4.65. The van der Waals surface area contributed by atoms with Crippen LogP contribution in [0.15, 0.2) is 42.7 Å². The molecular weight excluding hydrogens is 278 g/mol. The number of hydrogen-bond acceptors (Lipinski definition) is 4. The van der Waals surface area contributed by atoms with Crippen molar-refractivity contribution in [2.45, 2.75) is 13.0 Å². The molecule has 1 unspecified atom stereocenters. The van der Waals surface area contributed by atoms with E-state index in [-0.39, 0.29) is 5.91 Å². The van der Waals surface area contributed by atoms with Crippen LogP contribution in [0.5, 0.6) is 5.75 Å². The highest BCUT2D eigenvalue weighted by Crippen LogP contribution is 2.17. The zero-order chi connectivity index (χ0) is 14.5. The molecule has 1 amide bonds. The van der Waals surface area contributed by atoms with Crippen LogP contribution in [-0.4, -0.2) is 17.0 Å². The van der Waals surface area contributed by atoms with E-state index < -0.39 is 6.10 Å². The molecule has 1 aromatic carbocycles. The third kappa shape index (κ3) is 3.86. The maximum absolute atomic E-state index is 12.0. The minimum Gasteiger partial charge on any atom is -0.479 e. The summed E-state index contributed by atoms with van der Waals surface area (Å²) < 4.78 is 5.47. The van der Waals surface area contributed by atoms with Crippen LogP contribution in [0.2, 0.25) is 5.02 Å². The number of aromatic nitrogens is 1. The van der Waals surface area contributed by atoms with Crippen molar-refractivity contribution in [3.05, 3.63) is 47.7 Å². The summed E-state index contributed by atoms with van der Waals surface area (Å²) in [6, 6.07) is 8.52. The number of pyridine rings is 1. The molecule has 20 heavy (non-hydrogen) atoms. The van der Waals surface area contributed by atoms with E-state index in [4.69, 9.17) is 22.1 Å². The summed E-state index contributed by atoms with van der Waals surface area (Å²) in [5.41, 5.74) is 6.84. The molecule has 0 aliphatic heterocycles. The van der Waals surface area contributed by atoms with Crippen LogP contribution >= 0.6 is 11.6 Å². The highest BCUT2D eigenvalue weighted by molar-refractivity contribution is 6.30. The van der Waals surface area contributed by atoms with Gasteiger partial charge in [0.2, 0.25) is 0 Å². The lowest BCUT2D eigenvalue weighted by atomic mass is 10.2. The zero-order valence-electron chi connectivity index (χ0n) is 10.8. The van der Waals surface area contributed by atoms with Crippen LogP contribution in [0.4, 0.5) is 11.4 Å². The second kappa shape index (κ2) is 6.25. The largest absolute Gasteiger partial charge is 0.479 e. The van der Waals surface area contributed by atoms with Gasteiger partial charge in [0, 0.05) is 23.6 Å². The number of carbonyl (C=O) groups excluding carboxylic acids is 1. The monoisotopic (exact) mass is 291 g/mol. The first-order chi connectivity index (χ1) is 9.54. The minimum atomic E-state index is -0.684. The van der Waals surface area contributed by atoms with Gasteiger partial charge in [0.15, 0.2) is 6.10 Å². The van der Waals surface area contributed by atoms with E-state index in [1.165, 1.54) is 12.4 Å². The summed E-state index contributed by atoms with van der Waals surface area (Å²) in [5, 5.41) is 3.17. The van der Waals surface area contributed by atoms with Gasteiger partial charge < -0.3 is 15.8 Å². The highest BCUT2D eigenvalue weighted by Gasteiger charge is 2.15. The van der Waals surface area contributed by atoms with Crippen molar-refractivity contribution < 1.29 is 9.53 Å². The van der Waals surface area contributed by atoms with Gasteiger partial charge in [-0.15, -0.1) is 0 Å². The van der Waals surface area contributed by atoms with E-state index in [9.17, 15) is 4.79 Å². The number of ether oxygens (including phenoxy) is 1. The Labute approximate surface area is 121 Å². The third-order valence-corrected chi connectivity index (χ3v) is 2.72. The average Bonchev–Trinajstić information content (AvgIpc) is 2.38. The molecule has 0 aliphatic carbocycles. The maximum atomic E-state index is 12.0. The number of nitrogen functional groups attached to an aromatic ring is 1. The molecule has 0 fully saturated rings. The molecular formula is C14H14ClN3O2. The Bertz CT molecular complexity index is 619. The number of carbonyl (C=O) groups is 1. The number of benzene rings is 1. The summed E-state index contributed by atoms with van der Waals surface area (Å²) in [7, 11) is 0. The van der Waals surface area contributed by atoms with E-state index in [2.05, 4.69) is 10.3 Å². The molecule has 2 aromatic rings. The summed E-state index contributed by atoms with van der Waals surface area (Å²) in [5.74, 6) is 0.156. The first kappa shape index (κ1) is 14.1. The van der Waals surface area contributed by atoms with Crippen LogP contribution in [0.25, 0.3) is 0 Å². The van der Waals surface area contributed by atoms with Crippen molar-refractivity contribution in [1.29, 1.82) is 0 Å². The fourth-order valence-electron chi connectivity index (χ4n) is 1.57. The highest BCUT2D eigenvalue weighted by atomic mass is 35.5. The van der Waals surface area contributed by atoms with Gasteiger partial charge in [-0.05, 0) is 25.1 Å². The van der Waals surface area contributed by atoms with Crippen LogP contribution in [0.1, 0.15) is 6.92 Å². The number of nitrogens with one attached hydrogen (secondary N) is 1. The number of amides is 1. The topological polar surface area (TPSA) is 77.2 Å². The summed E-state index contributed by atoms with van der Waals surface area (Å²) in [4.78, 5) is 15.9. The Balaban J connectivity index is 1.98. The van der Waals surface area contributed by atoms with E-state index >= 15 is 0 Å². The number of rotatable bonds is 4. The smallest absolute Gasteiger partial charge is 0.265 e. The quantitative estimate of drug-likeness (QED) is 0.849.